The molecule has 0 saturated carbocycles. The molecule has 0 saturated heterocycles. The second-order valence-electron chi connectivity index (χ2n) is 3.12. The Bertz CT molecular complexity index is 319. The summed E-state index contributed by atoms with van der Waals surface area (Å²) < 4.78 is 0. The summed E-state index contributed by atoms with van der Waals surface area (Å²) in [5.74, 6) is -0.0303. The molecule has 0 aliphatic heterocycles. The first-order chi connectivity index (χ1) is 6.52. The summed E-state index contributed by atoms with van der Waals surface area (Å²) in [4.78, 5) is 12.5. The Labute approximate surface area is 93.4 Å². The third-order valence-electron chi connectivity index (χ3n) is 1.82. The van der Waals surface area contributed by atoms with Gasteiger partial charge in [0.2, 0.25) is 0 Å². The third kappa shape index (κ3) is 2.63. The Kier molecular flexibility index (Phi) is 3.78. The molecule has 1 aromatic carbocycles. The fraction of sp³-hybridized carbons (Fsp3) is 0.300. The van der Waals surface area contributed by atoms with Gasteiger partial charge in [-0.2, -0.15) is 0 Å². The number of amides is 1. The average Bonchev–Trinajstić information content (AvgIpc) is 2.16. The third-order valence-corrected chi connectivity index (χ3v) is 2.32. The van der Waals surface area contributed by atoms with Crippen molar-refractivity contribution in [3.05, 3.63) is 35.4 Å². The fourth-order valence-corrected chi connectivity index (χ4v) is 1.32. The van der Waals surface area contributed by atoms with Gasteiger partial charge in [-0.15, -0.1) is 23.2 Å². The number of benzene rings is 1. The molecule has 0 atom stereocenters. The molecule has 1 rings (SSSR count). The molecular formula is C10H11Cl2NO. The van der Waals surface area contributed by atoms with Gasteiger partial charge in [-0.3, -0.25) is 4.79 Å². The maximum Gasteiger partial charge on any atom is 0.253 e. The Hall–Kier alpha value is -0.730. The topological polar surface area (TPSA) is 20.3 Å². The van der Waals surface area contributed by atoms with E-state index in [1.54, 1.807) is 38.4 Å². The first kappa shape index (κ1) is 11.3. The van der Waals surface area contributed by atoms with Crippen molar-refractivity contribution in [2.24, 2.45) is 0 Å². The molecule has 1 aromatic rings. The second-order valence-corrected chi connectivity index (χ2v) is 4.22. The molecule has 0 heterocycles. The van der Waals surface area contributed by atoms with Crippen LogP contribution < -0.4 is 0 Å². The lowest BCUT2D eigenvalue weighted by molar-refractivity contribution is 0.0827. The van der Waals surface area contributed by atoms with Crippen LogP contribution in [0.4, 0.5) is 0 Å². The monoisotopic (exact) mass is 231 g/mol. The van der Waals surface area contributed by atoms with Crippen LogP contribution >= 0.6 is 23.2 Å². The first-order valence-electron chi connectivity index (χ1n) is 4.12. The first-order valence-corrected chi connectivity index (χ1v) is 4.99. The lowest BCUT2D eigenvalue weighted by atomic mass is 10.1. The summed E-state index contributed by atoms with van der Waals surface area (Å²) in [5, 5.41) is 0. The van der Waals surface area contributed by atoms with Gasteiger partial charge in [0.1, 0.15) is 4.84 Å². The largest absolute Gasteiger partial charge is 0.345 e. The molecule has 14 heavy (non-hydrogen) atoms. The molecule has 0 radical (unpaired) electrons. The SMILES string of the molecule is CN(C)C(=O)c1ccc(C(Cl)Cl)cc1. The van der Waals surface area contributed by atoms with E-state index in [1.807, 2.05) is 0 Å². The zero-order chi connectivity index (χ0) is 10.7. The van der Waals surface area contributed by atoms with Gasteiger partial charge in [-0.1, -0.05) is 12.1 Å². The molecule has 76 valence electrons. The van der Waals surface area contributed by atoms with Crippen LogP contribution in [0.2, 0.25) is 0 Å². The molecular weight excluding hydrogens is 221 g/mol. The van der Waals surface area contributed by atoms with Gasteiger partial charge < -0.3 is 4.90 Å². The fourth-order valence-electron chi connectivity index (χ4n) is 1.03. The maximum atomic E-state index is 11.5. The number of nitrogens with zero attached hydrogens (tertiary/aromatic N) is 1. The minimum absolute atomic E-state index is 0.0303. The number of hydrogen-bond acceptors (Lipinski definition) is 1. The van der Waals surface area contributed by atoms with E-state index in [9.17, 15) is 4.79 Å². The number of halogens is 2. The zero-order valence-corrected chi connectivity index (χ0v) is 9.51. The highest BCUT2D eigenvalue weighted by Crippen LogP contribution is 2.24. The summed E-state index contributed by atoms with van der Waals surface area (Å²) >= 11 is 11.3. The molecule has 2 nitrogen and oxygen atoms in total. The summed E-state index contributed by atoms with van der Waals surface area (Å²) in [6, 6.07) is 6.94. The van der Waals surface area contributed by atoms with E-state index in [0.29, 0.717) is 5.56 Å². The smallest absolute Gasteiger partial charge is 0.253 e. The normalized spacial score (nSPS) is 10.4. The van der Waals surface area contributed by atoms with Crippen molar-refractivity contribution in [3.63, 3.8) is 0 Å². The van der Waals surface area contributed by atoms with E-state index >= 15 is 0 Å². The van der Waals surface area contributed by atoms with Gasteiger partial charge >= 0.3 is 0 Å². The van der Waals surface area contributed by atoms with E-state index in [4.69, 9.17) is 23.2 Å². The molecule has 0 N–H and O–H groups in total. The van der Waals surface area contributed by atoms with Gasteiger partial charge in [-0.25, -0.2) is 0 Å². The minimum Gasteiger partial charge on any atom is -0.345 e. The number of carbonyl (C=O) groups is 1. The highest BCUT2D eigenvalue weighted by atomic mass is 35.5. The van der Waals surface area contributed by atoms with E-state index in [1.165, 1.54) is 4.90 Å². The van der Waals surface area contributed by atoms with Crippen LogP contribution in [0.15, 0.2) is 24.3 Å². The number of carbonyl (C=O) groups excluding carboxylic acids is 1. The maximum absolute atomic E-state index is 11.5. The van der Waals surface area contributed by atoms with E-state index < -0.39 is 4.84 Å². The second kappa shape index (κ2) is 4.67. The van der Waals surface area contributed by atoms with E-state index in [-0.39, 0.29) is 5.91 Å². The number of rotatable bonds is 2. The van der Waals surface area contributed by atoms with Crippen LogP contribution in [-0.4, -0.2) is 24.9 Å². The van der Waals surface area contributed by atoms with Crippen molar-refractivity contribution in [2.75, 3.05) is 14.1 Å². The molecule has 4 heteroatoms. The molecule has 0 fully saturated rings. The summed E-state index contributed by atoms with van der Waals surface area (Å²) in [6.45, 7) is 0. The molecule has 0 bridgehead atoms. The van der Waals surface area contributed by atoms with E-state index in [2.05, 4.69) is 0 Å². The molecule has 1 amide bonds. The van der Waals surface area contributed by atoms with Crippen LogP contribution in [0, 0.1) is 0 Å². The lowest BCUT2D eigenvalue weighted by Crippen LogP contribution is -2.21. The van der Waals surface area contributed by atoms with Crippen molar-refractivity contribution in [2.45, 2.75) is 4.84 Å². The predicted octanol–water partition coefficient (Wildman–Crippen LogP) is 2.86. The van der Waals surface area contributed by atoms with E-state index in [0.717, 1.165) is 5.56 Å². The highest BCUT2D eigenvalue weighted by Gasteiger charge is 2.08. The Morgan fingerprint density at radius 3 is 2.07 bits per heavy atom. The van der Waals surface area contributed by atoms with Crippen molar-refractivity contribution in [3.8, 4) is 0 Å². The van der Waals surface area contributed by atoms with Crippen LogP contribution in [0.25, 0.3) is 0 Å². The van der Waals surface area contributed by atoms with Crippen LogP contribution in [0.1, 0.15) is 20.8 Å². The van der Waals surface area contributed by atoms with Crippen LogP contribution in [0.3, 0.4) is 0 Å². The van der Waals surface area contributed by atoms with Crippen LogP contribution in [0.5, 0.6) is 0 Å². The minimum atomic E-state index is -0.543. The average molecular weight is 232 g/mol. The Morgan fingerprint density at radius 1 is 1.21 bits per heavy atom. The summed E-state index contributed by atoms with van der Waals surface area (Å²) in [6.07, 6.45) is 0. The zero-order valence-electron chi connectivity index (χ0n) is 8.00. The Morgan fingerprint density at radius 2 is 1.71 bits per heavy atom. The molecule has 0 unspecified atom stereocenters. The van der Waals surface area contributed by atoms with Crippen LogP contribution in [-0.2, 0) is 0 Å². The summed E-state index contributed by atoms with van der Waals surface area (Å²) in [5.41, 5.74) is 1.43. The van der Waals surface area contributed by atoms with Crippen molar-refractivity contribution >= 4 is 29.1 Å². The highest BCUT2D eigenvalue weighted by molar-refractivity contribution is 6.44. The molecule has 0 spiro atoms. The van der Waals surface area contributed by atoms with Gasteiger partial charge in [0, 0.05) is 19.7 Å². The quantitative estimate of drug-likeness (QED) is 0.718. The molecule has 0 aliphatic rings. The molecule has 0 aliphatic carbocycles. The number of alkyl halides is 2. The molecule has 0 aromatic heterocycles. The van der Waals surface area contributed by atoms with Crippen molar-refractivity contribution in [1.29, 1.82) is 0 Å². The van der Waals surface area contributed by atoms with Gasteiger partial charge in [0.15, 0.2) is 0 Å². The number of hydrogen-bond donors (Lipinski definition) is 0. The lowest BCUT2D eigenvalue weighted by Gasteiger charge is -2.10. The predicted molar refractivity (Wildman–Crippen MR) is 58.9 cm³/mol. The van der Waals surface area contributed by atoms with Crippen molar-refractivity contribution in [1.82, 2.24) is 4.90 Å². The standard InChI is InChI=1S/C10H11Cl2NO/c1-13(2)10(14)8-5-3-7(4-6-8)9(11)12/h3-6,9H,1-2H3. The van der Waals surface area contributed by atoms with Crippen molar-refractivity contribution < 1.29 is 4.79 Å². The summed E-state index contributed by atoms with van der Waals surface area (Å²) in [7, 11) is 3.42. The van der Waals surface area contributed by atoms with Gasteiger partial charge in [-0.05, 0) is 17.7 Å². The Balaban J connectivity index is 2.89. The van der Waals surface area contributed by atoms with Gasteiger partial charge in [0.25, 0.3) is 5.91 Å². The van der Waals surface area contributed by atoms with Gasteiger partial charge in [0.05, 0.1) is 0 Å².